The van der Waals surface area contributed by atoms with Crippen molar-refractivity contribution in [2.24, 2.45) is 0 Å². The van der Waals surface area contributed by atoms with Gasteiger partial charge in [0.1, 0.15) is 0 Å². The van der Waals surface area contributed by atoms with Gasteiger partial charge in [-0.2, -0.15) is 4.31 Å². The van der Waals surface area contributed by atoms with E-state index in [9.17, 15) is 18.0 Å². The fourth-order valence-corrected chi connectivity index (χ4v) is 5.74. The summed E-state index contributed by atoms with van der Waals surface area (Å²) >= 11 is 0. The number of carbonyl (C=O) groups is 2. The molecule has 1 fully saturated rings. The van der Waals surface area contributed by atoms with Crippen molar-refractivity contribution >= 4 is 32.6 Å². The molecule has 188 valence electrons. The zero-order valence-electron chi connectivity index (χ0n) is 20.4. The predicted octanol–water partition coefficient (Wildman–Crippen LogP) is 1.88. The first-order valence-corrected chi connectivity index (χ1v) is 13.7. The highest BCUT2D eigenvalue weighted by molar-refractivity contribution is 7.88. The monoisotopic (exact) mass is 498 g/mol. The highest BCUT2D eigenvalue weighted by Gasteiger charge is 2.33. The van der Waals surface area contributed by atoms with Gasteiger partial charge in [-0.15, -0.1) is 6.42 Å². The van der Waals surface area contributed by atoms with Crippen LogP contribution in [0.25, 0.3) is 10.8 Å². The first-order valence-electron chi connectivity index (χ1n) is 11.9. The number of likely N-dealkylation sites (tertiary alicyclic amines) is 1. The molecule has 1 aliphatic heterocycles. The second kappa shape index (κ2) is 12.2. The third-order valence-electron chi connectivity index (χ3n) is 6.51. The van der Waals surface area contributed by atoms with Crippen molar-refractivity contribution in [2.75, 3.05) is 39.0 Å². The number of nitrogens with zero attached hydrogens (tertiary/aromatic N) is 2. The van der Waals surface area contributed by atoms with Crippen LogP contribution in [0.2, 0.25) is 0 Å². The smallest absolute Gasteiger partial charge is 0.235 e. The van der Waals surface area contributed by atoms with E-state index < -0.39 is 15.9 Å². The van der Waals surface area contributed by atoms with E-state index in [-0.39, 0.29) is 44.0 Å². The summed E-state index contributed by atoms with van der Waals surface area (Å²) in [6.07, 6.45) is 7.60. The van der Waals surface area contributed by atoms with Crippen molar-refractivity contribution in [2.45, 2.75) is 38.3 Å². The van der Waals surface area contributed by atoms with Crippen LogP contribution >= 0.6 is 0 Å². The van der Waals surface area contributed by atoms with Crippen LogP contribution in [0, 0.1) is 12.3 Å². The third-order valence-corrected chi connectivity index (χ3v) is 7.79. The second-order valence-corrected chi connectivity index (χ2v) is 10.8. The molecule has 1 aliphatic rings. The van der Waals surface area contributed by atoms with Gasteiger partial charge in [-0.1, -0.05) is 48.4 Å². The van der Waals surface area contributed by atoms with Crippen LogP contribution in [-0.2, 0) is 19.6 Å². The molecule has 3 rings (SSSR count). The lowest BCUT2D eigenvalue weighted by Gasteiger charge is -2.39. The first kappa shape index (κ1) is 26.7. The number of terminal acetylenes is 1. The second-order valence-electron chi connectivity index (χ2n) is 8.90. The number of amides is 2. The van der Waals surface area contributed by atoms with Crippen LogP contribution < -0.4 is 10.6 Å². The molecule has 2 N–H and O–H groups in total. The molecule has 8 nitrogen and oxygen atoms in total. The van der Waals surface area contributed by atoms with Gasteiger partial charge in [0, 0.05) is 38.1 Å². The highest BCUT2D eigenvalue weighted by Crippen LogP contribution is 2.31. The normalized spacial score (nSPS) is 16.1. The number of hydrogen-bond acceptors (Lipinski definition) is 5. The van der Waals surface area contributed by atoms with Crippen molar-refractivity contribution in [3.63, 3.8) is 0 Å². The molecular formula is C26H34N4O4S. The Bertz CT molecular complexity index is 1180. The van der Waals surface area contributed by atoms with Crippen LogP contribution in [0.5, 0.6) is 0 Å². The fourth-order valence-electron chi connectivity index (χ4n) is 4.64. The van der Waals surface area contributed by atoms with E-state index in [0.29, 0.717) is 12.8 Å². The van der Waals surface area contributed by atoms with Gasteiger partial charge >= 0.3 is 0 Å². The summed E-state index contributed by atoms with van der Waals surface area (Å²) in [6, 6.07) is 14.6. The Morgan fingerprint density at radius 2 is 1.80 bits per heavy atom. The molecule has 9 heteroatoms. The van der Waals surface area contributed by atoms with E-state index in [1.54, 1.807) is 0 Å². The Hall–Kier alpha value is -2.93. The Labute approximate surface area is 208 Å². The molecule has 1 atom stereocenters. The van der Waals surface area contributed by atoms with Crippen LogP contribution in [0.3, 0.4) is 0 Å². The zero-order chi connectivity index (χ0) is 25.4. The highest BCUT2D eigenvalue weighted by atomic mass is 32.2. The maximum Gasteiger partial charge on any atom is 0.235 e. The average Bonchev–Trinajstić information content (AvgIpc) is 2.84. The lowest BCUT2D eigenvalue weighted by atomic mass is 9.96. The van der Waals surface area contributed by atoms with E-state index in [4.69, 9.17) is 6.42 Å². The summed E-state index contributed by atoms with van der Waals surface area (Å²) < 4.78 is 26.3. The van der Waals surface area contributed by atoms with Crippen LogP contribution in [-0.4, -0.2) is 74.5 Å². The zero-order valence-corrected chi connectivity index (χ0v) is 21.2. The Kier molecular flexibility index (Phi) is 9.26. The number of carbonyl (C=O) groups excluding carboxylic acids is 2. The molecule has 0 spiro atoms. The lowest BCUT2D eigenvalue weighted by Crippen LogP contribution is -2.50. The number of hydrogen-bond donors (Lipinski definition) is 2. The SMILES string of the molecule is C#CCNC(=O)CCNC(=O)CN(C1CCN([C@H](C)c2cccc3ccccc23)CC1)S(C)(=O)=O. The molecular weight excluding hydrogens is 464 g/mol. The van der Waals surface area contributed by atoms with Crippen molar-refractivity contribution in [3.05, 3.63) is 48.0 Å². The molecule has 0 aliphatic carbocycles. The summed E-state index contributed by atoms with van der Waals surface area (Å²) in [6.45, 7) is 3.65. The molecule has 2 amide bonds. The van der Waals surface area contributed by atoms with E-state index in [0.717, 1.165) is 19.3 Å². The van der Waals surface area contributed by atoms with Crippen molar-refractivity contribution in [1.29, 1.82) is 0 Å². The minimum atomic E-state index is -3.58. The van der Waals surface area contributed by atoms with Gasteiger partial charge in [-0.3, -0.25) is 14.5 Å². The molecule has 0 bridgehead atoms. The average molecular weight is 499 g/mol. The van der Waals surface area contributed by atoms with Crippen molar-refractivity contribution in [1.82, 2.24) is 19.8 Å². The van der Waals surface area contributed by atoms with Crippen molar-refractivity contribution < 1.29 is 18.0 Å². The molecule has 0 saturated carbocycles. The van der Waals surface area contributed by atoms with Crippen molar-refractivity contribution in [3.8, 4) is 12.3 Å². The van der Waals surface area contributed by atoms with Gasteiger partial charge in [0.05, 0.1) is 19.3 Å². The van der Waals surface area contributed by atoms with E-state index in [2.05, 4.69) is 58.7 Å². The van der Waals surface area contributed by atoms with Gasteiger partial charge in [-0.05, 0) is 36.1 Å². The van der Waals surface area contributed by atoms with E-state index in [1.807, 2.05) is 12.1 Å². The minimum Gasteiger partial charge on any atom is -0.354 e. The largest absolute Gasteiger partial charge is 0.354 e. The molecule has 1 heterocycles. The first-order chi connectivity index (χ1) is 16.7. The molecule has 35 heavy (non-hydrogen) atoms. The molecule has 0 radical (unpaired) electrons. The Balaban J connectivity index is 1.57. The van der Waals surface area contributed by atoms with Gasteiger partial charge in [0.15, 0.2) is 0 Å². The van der Waals surface area contributed by atoms with E-state index >= 15 is 0 Å². The number of fused-ring (bicyclic) bond motifs is 1. The Morgan fingerprint density at radius 3 is 2.49 bits per heavy atom. The maximum absolute atomic E-state index is 12.5. The summed E-state index contributed by atoms with van der Waals surface area (Å²) in [5.74, 6) is 1.62. The quantitative estimate of drug-likeness (QED) is 0.488. The summed E-state index contributed by atoms with van der Waals surface area (Å²) in [7, 11) is -3.58. The topological polar surface area (TPSA) is 98.8 Å². The summed E-state index contributed by atoms with van der Waals surface area (Å²) in [5, 5.41) is 7.58. The van der Waals surface area contributed by atoms with Crippen LogP contribution in [0.15, 0.2) is 42.5 Å². The van der Waals surface area contributed by atoms with Gasteiger partial charge in [0.25, 0.3) is 0 Å². The van der Waals surface area contributed by atoms with Gasteiger partial charge in [-0.25, -0.2) is 8.42 Å². The van der Waals surface area contributed by atoms with Gasteiger partial charge in [0.2, 0.25) is 21.8 Å². The van der Waals surface area contributed by atoms with Crippen LogP contribution in [0.4, 0.5) is 0 Å². The summed E-state index contributed by atoms with van der Waals surface area (Å²) in [4.78, 5) is 26.4. The molecule has 1 saturated heterocycles. The molecule has 0 aromatic heterocycles. The number of nitrogens with one attached hydrogen (secondary N) is 2. The van der Waals surface area contributed by atoms with Gasteiger partial charge < -0.3 is 10.6 Å². The molecule has 2 aromatic rings. The minimum absolute atomic E-state index is 0.0801. The van der Waals surface area contributed by atoms with Crippen LogP contribution in [0.1, 0.15) is 37.8 Å². The lowest BCUT2D eigenvalue weighted by molar-refractivity contribution is -0.122. The maximum atomic E-state index is 12.5. The molecule has 0 unspecified atom stereocenters. The standard InChI is InChI=1S/C26H34N4O4S/c1-4-15-27-25(31)12-16-28-26(32)19-30(35(3,33)34)22-13-17-29(18-14-22)20(2)23-11-7-9-21-8-5-6-10-24(21)23/h1,5-11,20,22H,12-19H2,2-3H3,(H,27,31)(H,28,32)/t20-/m1/s1. The van der Waals surface area contributed by atoms with E-state index in [1.165, 1.54) is 20.6 Å². The number of piperidine rings is 1. The predicted molar refractivity (Wildman–Crippen MR) is 138 cm³/mol. The number of benzene rings is 2. The Morgan fingerprint density at radius 1 is 1.11 bits per heavy atom. The fraction of sp³-hybridized carbons (Fsp3) is 0.462. The third kappa shape index (κ3) is 7.28. The number of rotatable bonds is 10. The summed E-state index contributed by atoms with van der Waals surface area (Å²) in [5.41, 5.74) is 1.26. The molecule has 2 aromatic carbocycles. The number of sulfonamides is 1.